The van der Waals surface area contributed by atoms with Crippen molar-refractivity contribution in [2.24, 2.45) is 7.05 Å². The summed E-state index contributed by atoms with van der Waals surface area (Å²) in [6.07, 6.45) is 6.06. The summed E-state index contributed by atoms with van der Waals surface area (Å²) in [5.41, 5.74) is 2.33. The Morgan fingerprint density at radius 3 is 2.35 bits per heavy atom. The van der Waals surface area contributed by atoms with Crippen LogP contribution >= 0.6 is 0 Å². The SMILES string of the molecule is Cn1cc(-c2ccccc2)c(-n2cccc2)n1. The van der Waals surface area contributed by atoms with Crippen molar-refractivity contribution in [3.8, 4) is 16.9 Å². The van der Waals surface area contributed by atoms with E-state index in [-0.39, 0.29) is 0 Å². The van der Waals surface area contributed by atoms with E-state index in [1.165, 1.54) is 5.56 Å². The quantitative estimate of drug-likeness (QED) is 0.655. The molecule has 0 amide bonds. The summed E-state index contributed by atoms with van der Waals surface area (Å²) < 4.78 is 3.88. The average molecular weight is 223 g/mol. The Kier molecular flexibility index (Phi) is 2.29. The Balaban J connectivity index is 2.18. The summed E-state index contributed by atoms with van der Waals surface area (Å²) in [7, 11) is 1.94. The Hall–Kier alpha value is -2.29. The summed E-state index contributed by atoms with van der Waals surface area (Å²) in [5.74, 6) is 0.962. The van der Waals surface area contributed by atoms with Crippen molar-refractivity contribution in [1.29, 1.82) is 0 Å². The van der Waals surface area contributed by atoms with E-state index in [0.29, 0.717) is 0 Å². The zero-order valence-electron chi connectivity index (χ0n) is 9.62. The van der Waals surface area contributed by atoms with Crippen LogP contribution < -0.4 is 0 Å². The van der Waals surface area contributed by atoms with E-state index < -0.39 is 0 Å². The third kappa shape index (κ3) is 1.76. The molecule has 2 heterocycles. The first-order valence-electron chi connectivity index (χ1n) is 5.57. The van der Waals surface area contributed by atoms with Crippen LogP contribution in [-0.4, -0.2) is 14.3 Å². The van der Waals surface area contributed by atoms with Gasteiger partial charge in [-0.2, -0.15) is 5.10 Å². The molecule has 0 saturated heterocycles. The highest BCUT2D eigenvalue weighted by Crippen LogP contribution is 2.25. The molecule has 0 saturated carbocycles. The van der Waals surface area contributed by atoms with E-state index in [0.717, 1.165) is 11.4 Å². The molecule has 3 nitrogen and oxygen atoms in total. The Labute approximate surface area is 99.9 Å². The van der Waals surface area contributed by atoms with Crippen LogP contribution in [0, 0.1) is 0 Å². The number of nitrogens with zero attached hydrogens (tertiary/aromatic N) is 3. The summed E-state index contributed by atoms with van der Waals surface area (Å²) in [6.45, 7) is 0. The van der Waals surface area contributed by atoms with Crippen molar-refractivity contribution in [2.75, 3.05) is 0 Å². The maximum atomic E-state index is 4.51. The minimum atomic E-state index is 0.962. The fourth-order valence-electron chi connectivity index (χ4n) is 1.96. The summed E-state index contributed by atoms with van der Waals surface area (Å²) >= 11 is 0. The largest absolute Gasteiger partial charge is 0.307 e. The number of aromatic nitrogens is 3. The molecule has 3 heteroatoms. The minimum absolute atomic E-state index is 0.962. The van der Waals surface area contributed by atoms with Crippen LogP contribution in [0.15, 0.2) is 61.1 Å². The predicted octanol–water partition coefficient (Wildman–Crippen LogP) is 2.88. The van der Waals surface area contributed by atoms with Crippen molar-refractivity contribution in [1.82, 2.24) is 14.3 Å². The van der Waals surface area contributed by atoms with Crippen LogP contribution in [0.2, 0.25) is 0 Å². The van der Waals surface area contributed by atoms with Crippen LogP contribution in [-0.2, 0) is 7.05 Å². The minimum Gasteiger partial charge on any atom is -0.307 e. The first-order chi connectivity index (χ1) is 8.34. The lowest BCUT2D eigenvalue weighted by Gasteiger charge is -2.02. The maximum Gasteiger partial charge on any atom is 0.166 e. The highest BCUT2D eigenvalue weighted by atomic mass is 15.3. The van der Waals surface area contributed by atoms with E-state index >= 15 is 0 Å². The molecule has 1 aromatic carbocycles. The topological polar surface area (TPSA) is 22.8 Å². The van der Waals surface area contributed by atoms with Gasteiger partial charge in [-0.25, -0.2) is 0 Å². The molecule has 0 atom stereocenters. The standard InChI is InChI=1S/C14H13N3/c1-16-11-13(12-7-3-2-4-8-12)14(15-16)17-9-5-6-10-17/h2-11H,1H3. The molecule has 17 heavy (non-hydrogen) atoms. The molecule has 3 aromatic rings. The third-order valence-electron chi connectivity index (χ3n) is 2.74. The van der Waals surface area contributed by atoms with Gasteiger partial charge in [0.05, 0.1) is 0 Å². The Bertz CT molecular complexity index is 606. The maximum absolute atomic E-state index is 4.51. The lowest BCUT2D eigenvalue weighted by atomic mass is 10.1. The zero-order valence-corrected chi connectivity index (χ0v) is 9.62. The molecular weight excluding hydrogens is 210 g/mol. The van der Waals surface area contributed by atoms with Gasteiger partial charge < -0.3 is 4.57 Å². The summed E-state index contributed by atoms with van der Waals surface area (Å²) in [6, 6.07) is 14.3. The van der Waals surface area contributed by atoms with Crippen molar-refractivity contribution in [3.05, 3.63) is 61.1 Å². The fourth-order valence-corrected chi connectivity index (χ4v) is 1.96. The highest BCUT2D eigenvalue weighted by molar-refractivity contribution is 5.70. The average Bonchev–Trinajstić information content (AvgIpc) is 2.98. The fraction of sp³-hybridized carbons (Fsp3) is 0.0714. The molecular formula is C14H13N3. The predicted molar refractivity (Wildman–Crippen MR) is 68.0 cm³/mol. The van der Waals surface area contributed by atoms with Gasteiger partial charge in [-0.05, 0) is 17.7 Å². The monoisotopic (exact) mass is 223 g/mol. The molecule has 0 fully saturated rings. The van der Waals surface area contributed by atoms with Gasteiger partial charge in [-0.15, -0.1) is 0 Å². The molecule has 0 radical (unpaired) electrons. The Morgan fingerprint density at radius 2 is 1.65 bits per heavy atom. The molecule has 0 aliphatic rings. The number of benzene rings is 1. The number of hydrogen-bond donors (Lipinski definition) is 0. The van der Waals surface area contributed by atoms with E-state index in [1.807, 2.05) is 65.2 Å². The van der Waals surface area contributed by atoms with E-state index in [1.54, 1.807) is 0 Å². The molecule has 0 aliphatic heterocycles. The van der Waals surface area contributed by atoms with Gasteiger partial charge in [0.2, 0.25) is 0 Å². The lowest BCUT2D eigenvalue weighted by Crippen LogP contribution is -1.94. The second kappa shape index (κ2) is 3.94. The van der Waals surface area contributed by atoms with Gasteiger partial charge in [0.15, 0.2) is 5.82 Å². The number of rotatable bonds is 2. The van der Waals surface area contributed by atoms with Gasteiger partial charge in [0.1, 0.15) is 0 Å². The molecule has 0 N–H and O–H groups in total. The normalized spacial score (nSPS) is 10.6. The molecule has 0 spiro atoms. The second-order valence-corrected chi connectivity index (χ2v) is 4.00. The summed E-state index contributed by atoms with van der Waals surface area (Å²) in [5, 5.41) is 4.51. The van der Waals surface area contributed by atoms with Crippen LogP contribution in [0.3, 0.4) is 0 Å². The van der Waals surface area contributed by atoms with Crippen LogP contribution in [0.1, 0.15) is 0 Å². The highest BCUT2D eigenvalue weighted by Gasteiger charge is 2.10. The smallest absolute Gasteiger partial charge is 0.166 e. The van der Waals surface area contributed by atoms with Gasteiger partial charge in [0.25, 0.3) is 0 Å². The molecule has 0 unspecified atom stereocenters. The van der Waals surface area contributed by atoms with Gasteiger partial charge in [-0.3, -0.25) is 4.68 Å². The molecule has 3 rings (SSSR count). The first kappa shape index (κ1) is 9.90. The van der Waals surface area contributed by atoms with Crippen molar-refractivity contribution in [3.63, 3.8) is 0 Å². The Morgan fingerprint density at radius 1 is 0.941 bits per heavy atom. The van der Waals surface area contributed by atoms with Crippen LogP contribution in [0.25, 0.3) is 16.9 Å². The van der Waals surface area contributed by atoms with Crippen LogP contribution in [0.4, 0.5) is 0 Å². The van der Waals surface area contributed by atoms with E-state index in [2.05, 4.69) is 17.2 Å². The van der Waals surface area contributed by atoms with Gasteiger partial charge in [0, 0.05) is 31.2 Å². The van der Waals surface area contributed by atoms with Crippen molar-refractivity contribution < 1.29 is 0 Å². The first-order valence-corrected chi connectivity index (χ1v) is 5.57. The van der Waals surface area contributed by atoms with E-state index in [4.69, 9.17) is 0 Å². The number of hydrogen-bond acceptors (Lipinski definition) is 1. The molecule has 0 aliphatic carbocycles. The second-order valence-electron chi connectivity index (χ2n) is 4.00. The number of aryl methyl sites for hydroxylation is 1. The van der Waals surface area contributed by atoms with E-state index in [9.17, 15) is 0 Å². The molecule has 0 bridgehead atoms. The van der Waals surface area contributed by atoms with Crippen molar-refractivity contribution >= 4 is 0 Å². The van der Waals surface area contributed by atoms with Crippen LogP contribution in [0.5, 0.6) is 0 Å². The summed E-state index contributed by atoms with van der Waals surface area (Å²) in [4.78, 5) is 0. The molecule has 84 valence electrons. The van der Waals surface area contributed by atoms with Crippen molar-refractivity contribution in [2.45, 2.75) is 0 Å². The third-order valence-corrected chi connectivity index (χ3v) is 2.74. The van der Waals surface area contributed by atoms with Gasteiger partial charge in [-0.1, -0.05) is 30.3 Å². The molecule has 2 aromatic heterocycles. The van der Waals surface area contributed by atoms with Gasteiger partial charge >= 0.3 is 0 Å². The lowest BCUT2D eigenvalue weighted by molar-refractivity contribution is 0.752. The zero-order chi connectivity index (χ0) is 11.7.